The Morgan fingerprint density at radius 3 is 2.54 bits per heavy atom. The lowest BCUT2D eigenvalue weighted by Gasteiger charge is -2.31. The van der Waals surface area contributed by atoms with Gasteiger partial charge in [-0.3, -0.25) is 9.59 Å². The minimum atomic E-state index is -0.281. The molecule has 0 atom stereocenters. The molecule has 0 radical (unpaired) electrons. The standard InChI is InChI=1S/C27H25ClFN3O2S/c28-22-4-2-1-3-20(22)16-30-26(33)19-9-12-31(13-10-19)27(34)24-15-25-23(11-14-35-25)32(24)17-18-5-7-21(29)8-6-18/h1-8,11,14-15,19H,9-10,12-13,16-17H2,(H,30,33). The van der Waals surface area contributed by atoms with E-state index < -0.39 is 0 Å². The van der Waals surface area contributed by atoms with Gasteiger partial charge in [0.15, 0.2) is 0 Å². The van der Waals surface area contributed by atoms with Crippen LogP contribution in [-0.2, 0) is 17.9 Å². The number of nitrogens with zero attached hydrogens (tertiary/aromatic N) is 2. The summed E-state index contributed by atoms with van der Waals surface area (Å²) in [6.45, 7) is 1.94. The zero-order chi connectivity index (χ0) is 24.4. The van der Waals surface area contributed by atoms with Gasteiger partial charge in [0.25, 0.3) is 5.91 Å². The summed E-state index contributed by atoms with van der Waals surface area (Å²) in [6, 6.07) is 17.8. The van der Waals surface area contributed by atoms with Crippen LogP contribution < -0.4 is 5.32 Å². The van der Waals surface area contributed by atoms with Crippen LogP contribution in [0.4, 0.5) is 4.39 Å². The number of hydrogen-bond acceptors (Lipinski definition) is 3. The molecule has 0 bridgehead atoms. The van der Waals surface area contributed by atoms with Crippen molar-refractivity contribution < 1.29 is 14.0 Å². The molecule has 1 N–H and O–H groups in total. The molecule has 0 unspecified atom stereocenters. The number of fused-ring (bicyclic) bond motifs is 1. The van der Waals surface area contributed by atoms with Gasteiger partial charge in [0, 0.05) is 37.1 Å². The molecule has 5 rings (SSSR count). The van der Waals surface area contributed by atoms with Crippen molar-refractivity contribution in [3.05, 3.63) is 93.7 Å². The Morgan fingerprint density at radius 1 is 1.06 bits per heavy atom. The van der Waals surface area contributed by atoms with Crippen LogP contribution in [0.15, 0.2) is 66.0 Å². The van der Waals surface area contributed by atoms with Crippen LogP contribution in [0.3, 0.4) is 0 Å². The van der Waals surface area contributed by atoms with Gasteiger partial charge in [-0.05, 0) is 59.7 Å². The average molecular weight is 510 g/mol. The third kappa shape index (κ3) is 5.11. The molecule has 2 aromatic carbocycles. The first kappa shape index (κ1) is 23.6. The molecule has 180 valence electrons. The Hall–Kier alpha value is -3.16. The summed E-state index contributed by atoms with van der Waals surface area (Å²) < 4.78 is 16.4. The lowest BCUT2D eigenvalue weighted by molar-refractivity contribution is -0.126. The second-order valence-electron chi connectivity index (χ2n) is 8.79. The van der Waals surface area contributed by atoms with E-state index >= 15 is 0 Å². The molecule has 3 heterocycles. The van der Waals surface area contributed by atoms with Gasteiger partial charge in [0.2, 0.25) is 5.91 Å². The molecule has 2 amide bonds. The number of nitrogens with one attached hydrogen (secondary N) is 1. The van der Waals surface area contributed by atoms with E-state index in [-0.39, 0.29) is 23.5 Å². The zero-order valence-corrected chi connectivity index (χ0v) is 20.6. The Bertz CT molecular complexity index is 1360. The molecule has 1 aliphatic rings. The van der Waals surface area contributed by atoms with Crippen LogP contribution in [0.2, 0.25) is 5.02 Å². The van der Waals surface area contributed by atoms with Crippen LogP contribution in [0, 0.1) is 11.7 Å². The first-order valence-electron chi connectivity index (χ1n) is 11.6. The number of benzene rings is 2. The molecular weight excluding hydrogens is 485 g/mol. The molecular formula is C27H25ClFN3O2S. The van der Waals surface area contributed by atoms with Gasteiger partial charge in [-0.1, -0.05) is 41.9 Å². The van der Waals surface area contributed by atoms with Crippen molar-refractivity contribution >= 4 is 45.0 Å². The quantitative estimate of drug-likeness (QED) is 0.362. The predicted octanol–water partition coefficient (Wildman–Crippen LogP) is 5.71. The van der Waals surface area contributed by atoms with Gasteiger partial charge >= 0.3 is 0 Å². The van der Waals surface area contributed by atoms with E-state index in [4.69, 9.17) is 11.6 Å². The van der Waals surface area contributed by atoms with E-state index in [0.29, 0.717) is 49.7 Å². The normalized spacial score (nSPS) is 14.4. The second kappa shape index (κ2) is 10.2. The number of amides is 2. The topological polar surface area (TPSA) is 54.3 Å². The lowest BCUT2D eigenvalue weighted by atomic mass is 9.95. The van der Waals surface area contributed by atoms with Crippen LogP contribution >= 0.6 is 22.9 Å². The van der Waals surface area contributed by atoms with Crippen LogP contribution in [-0.4, -0.2) is 34.4 Å². The van der Waals surface area contributed by atoms with Crippen molar-refractivity contribution in [3.8, 4) is 0 Å². The average Bonchev–Trinajstić information content (AvgIpc) is 3.47. The van der Waals surface area contributed by atoms with E-state index in [1.54, 1.807) is 23.5 Å². The van der Waals surface area contributed by atoms with E-state index in [0.717, 1.165) is 21.3 Å². The zero-order valence-electron chi connectivity index (χ0n) is 19.0. The maximum atomic E-state index is 13.5. The van der Waals surface area contributed by atoms with Crippen molar-refractivity contribution in [3.63, 3.8) is 0 Å². The highest BCUT2D eigenvalue weighted by Gasteiger charge is 2.29. The maximum absolute atomic E-state index is 13.5. The summed E-state index contributed by atoms with van der Waals surface area (Å²) in [5, 5.41) is 5.63. The van der Waals surface area contributed by atoms with Crippen molar-refractivity contribution in [1.82, 2.24) is 14.8 Å². The Kier molecular flexibility index (Phi) is 6.88. The molecule has 0 spiro atoms. The minimum Gasteiger partial charge on any atom is -0.352 e. The number of carbonyl (C=O) groups excluding carboxylic acids is 2. The number of thiophene rings is 1. The van der Waals surface area contributed by atoms with Crippen molar-refractivity contribution in [2.45, 2.75) is 25.9 Å². The number of halogens is 2. The smallest absolute Gasteiger partial charge is 0.270 e. The van der Waals surface area contributed by atoms with Gasteiger partial charge < -0.3 is 14.8 Å². The largest absolute Gasteiger partial charge is 0.352 e. The number of piperidine rings is 1. The Morgan fingerprint density at radius 2 is 1.80 bits per heavy atom. The Labute approximate surface area is 212 Å². The highest BCUT2D eigenvalue weighted by Crippen LogP contribution is 2.28. The van der Waals surface area contributed by atoms with Crippen molar-refractivity contribution in [1.29, 1.82) is 0 Å². The summed E-state index contributed by atoms with van der Waals surface area (Å²) in [7, 11) is 0. The fraction of sp³-hybridized carbons (Fsp3) is 0.259. The number of rotatable bonds is 6. The molecule has 5 nitrogen and oxygen atoms in total. The molecule has 1 fully saturated rings. The van der Waals surface area contributed by atoms with Crippen molar-refractivity contribution in [2.24, 2.45) is 5.92 Å². The highest BCUT2D eigenvalue weighted by atomic mass is 35.5. The number of hydrogen-bond donors (Lipinski definition) is 1. The maximum Gasteiger partial charge on any atom is 0.270 e. The molecule has 8 heteroatoms. The predicted molar refractivity (Wildman–Crippen MR) is 137 cm³/mol. The SMILES string of the molecule is O=C(NCc1ccccc1Cl)C1CCN(C(=O)c2cc3sccc3n2Cc2ccc(F)cc2)CC1. The molecule has 4 aromatic rings. The van der Waals surface area contributed by atoms with E-state index in [2.05, 4.69) is 5.32 Å². The van der Waals surface area contributed by atoms with Gasteiger partial charge in [-0.2, -0.15) is 0 Å². The summed E-state index contributed by atoms with van der Waals surface area (Å²) in [5.41, 5.74) is 3.43. The third-order valence-corrected chi connectivity index (χ3v) is 7.78. The van der Waals surface area contributed by atoms with Crippen LogP contribution in [0.25, 0.3) is 10.2 Å². The Balaban J connectivity index is 1.24. The number of aromatic nitrogens is 1. The first-order valence-corrected chi connectivity index (χ1v) is 12.9. The van der Waals surface area contributed by atoms with Crippen LogP contribution in [0.1, 0.15) is 34.5 Å². The van der Waals surface area contributed by atoms with E-state index in [1.807, 2.05) is 51.2 Å². The third-order valence-electron chi connectivity index (χ3n) is 6.56. The lowest BCUT2D eigenvalue weighted by Crippen LogP contribution is -2.43. The molecule has 0 saturated carbocycles. The molecule has 1 saturated heterocycles. The fourth-order valence-electron chi connectivity index (χ4n) is 4.57. The molecule has 1 aliphatic heterocycles. The molecule has 2 aromatic heterocycles. The summed E-state index contributed by atoms with van der Waals surface area (Å²) in [4.78, 5) is 28.0. The van der Waals surface area contributed by atoms with Gasteiger partial charge in [-0.25, -0.2) is 4.39 Å². The fourth-order valence-corrected chi connectivity index (χ4v) is 5.60. The molecule has 35 heavy (non-hydrogen) atoms. The minimum absolute atomic E-state index is 0.00258. The van der Waals surface area contributed by atoms with Gasteiger partial charge in [-0.15, -0.1) is 11.3 Å². The highest BCUT2D eigenvalue weighted by molar-refractivity contribution is 7.17. The van der Waals surface area contributed by atoms with Crippen LogP contribution in [0.5, 0.6) is 0 Å². The van der Waals surface area contributed by atoms with Crippen molar-refractivity contribution in [2.75, 3.05) is 13.1 Å². The number of likely N-dealkylation sites (tertiary alicyclic amines) is 1. The number of carbonyl (C=O) groups is 2. The van der Waals surface area contributed by atoms with E-state index in [1.165, 1.54) is 12.1 Å². The van der Waals surface area contributed by atoms with E-state index in [9.17, 15) is 14.0 Å². The summed E-state index contributed by atoms with van der Waals surface area (Å²) >= 11 is 7.78. The second-order valence-corrected chi connectivity index (χ2v) is 10.1. The summed E-state index contributed by atoms with van der Waals surface area (Å²) in [5.74, 6) is -0.448. The van der Waals surface area contributed by atoms with Gasteiger partial charge in [0.05, 0.1) is 10.2 Å². The summed E-state index contributed by atoms with van der Waals surface area (Å²) in [6.07, 6.45) is 1.24. The first-order chi connectivity index (χ1) is 17.0. The van der Waals surface area contributed by atoms with Gasteiger partial charge in [0.1, 0.15) is 11.5 Å². The monoisotopic (exact) mass is 509 g/mol. The molecule has 0 aliphatic carbocycles.